The predicted octanol–water partition coefficient (Wildman–Crippen LogP) is 3.86. The van der Waals surface area contributed by atoms with Gasteiger partial charge in [0.1, 0.15) is 5.69 Å². The van der Waals surface area contributed by atoms with Crippen molar-refractivity contribution in [1.29, 1.82) is 0 Å². The maximum atomic E-state index is 12.7. The minimum atomic E-state index is -0.439. The summed E-state index contributed by atoms with van der Waals surface area (Å²) in [6, 6.07) is 8.08. The van der Waals surface area contributed by atoms with Gasteiger partial charge in [0.05, 0.1) is 18.2 Å². The van der Waals surface area contributed by atoms with Crippen molar-refractivity contribution in [1.82, 2.24) is 10.3 Å². The molecule has 1 heterocycles. The lowest BCUT2D eigenvalue weighted by molar-refractivity contribution is 0.0519. The highest BCUT2D eigenvalue weighted by atomic mass is 16.5. The van der Waals surface area contributed by atoms with Crippen LogP contribution in [0.15, 0.2) is 24.3 Å². The van der Waals surface area contributed by atoms with E-state index < -0.39 is 5.97 Å². The van der Waals surface area contributed by atoms with Crippen LogP contribution < -0.4 is 5.32 Å². The highest BCUT2D eigenvalue weighted by Gasteiger charge is 2.23. The first-order valence-corrected chi connectivity index (χ1v) is 8.64. The molecule has 1 unspecified atom stereocenters. The Kier molecular flexibility index (Phi) is 6.02. The number of benzene rings is 1. The topological polar surface area (TPSA) is 71.2 Å². The molecule has 0 saturated heterocycles. The molecule has 134 valence electrons. The van der Waals surface area contributed by atoms with E-state index in [1.165, 1.54) is 5.56 Å². The molecule has 0 fully saturated rings. The minimum absolute atomic E-state index is 0.127. The lowest BCUT2D eigenvalue weighted by Crippen LogP contribution is -2.27. The van der Waals surface area contributed by atoms with Crippen LogP contribution in [-0.4, -0.2) is 23.5 Å². The van der Waals surface area contributed by atoms with Gasteiger partial charge in [-0.1, -0.05) is 31.2 Å². The van der Waals surface area contributed by atoms with Gasteiger partial charge in [0.2, 0.25) is 0 Å². The molecule has 0 spiro atoms. The Morgan fingerprint density at radius 1 is 1.16 bits per heavy atom. The fourth-order valence-corrected chi connectivity index (χ4v) is 2.89. The normalized spacial score (nSPS) is 11.9. The zero-order valence-corrected chi connectivity index (χ0v) is 15.5. The van der Waals surface area contributed by atoms with E-state index in [9.17, 15) is 9.59 Å². The van der Waals surface area contributed by atoms with Crippen molar-refractivity contribution >= 4 is 11.9 Å². The van der Waals surface area contributed by atoms with Gasteiger partial charge in [0, 0.05) is 5.69 Å². The van der Waals surface area contributed by atoms with Crippen LogP contribution in [0.3, 0.4) is 0 Å². The molecular weight excluding hydrogens is 316 g/mol. The highest BCUT2D eigenvalue weighted by Crippen LogP contribution is 2.21. The molecule has 1 aromatic heterocycles. The van der Waals surface area contributed by atoms with Crippen LogP contribution in [0.2, 0.25) is 0 Å². The van der Waals surface area contributed by atoms with E-state index in [1.807, 2.05) is 19.1 Å². The van der Waals surface area contributed by atoms with Gasteiger partial charge in [0.15, 0.2) is 0 Å². The van der Waals surface area contributed by atoms with E-state index >= 15 is 0 Å². The first-order valence-electron chi connectivity index (χ1n) is 8.64. The number of hydrogen-bond donors (Lipinski definition) is 2. The Morgan fingerprint density at radius 2 is 1.80 bits per heavy atom. The van der Waals surface area contributed by atoms with Crippen molar-refractivity contribution in [2.75, 3.05) is 6.61 Å². The fourth-order valence-electron chi connectivity index (χ4n) is 2.89. The van der Waals surface area contributed by atoms with Crippen molar-refractivity contribution in [3.8, 4) is 0 Å². The van der Waals surface area contributed by atoms with Gasteiger partial charge in [0.25, 0.3) is 5.91 Å². The molecule has 2 aromatic rings. The van der Waals surface area contributed by atoms with Gasteiger partial charge < -0.3 is 15.0 Å². The predicted molar refractivity (Wildman–Crippen MR) is 97.9 cm³/mol. The Labute approximate surface area is 148 Å². The number of nitrogens with one attached hydrogen (secondary N) is 2. The van der Waals surface area contributed by atoms with Gasteiger partial charge in [-0.3, -0.25) is 4.79 Å². The van der Waals surface area contributed by atoms with Gasteiger partial charge >= 0.3 is 5.97 Å². The Balaban J connectivity index is 2.18. The Morgan fingerprint density at radius 3 is 2.36 bits per heavy atom. The van der Waals surface area contributed by atoms with Crippen LogP contribution in [0.25, 0.3) is 0 Å². The molecule has 5 nitrogen and oxygen atoms in total. The first kappa shape index (κ1) is 18.8. The van der Waals surface area contributed by atoms with E-state index in [-0.39, 0.29) is 11.9 Å². The standard InChI is InChI=1S/C20H26N2O3/c1-6-15-8-10-16(11-9-15)13(4)22-19(23)17-12(3)18(21-14(17)5)20(24)25-7-2/h8-11,13,21H,6-7H2,1-5H3,(H,22,23). The first-order chi connectivity index (χ1) is 11.9. The van der Waals surface area contributed by atoms with Crippen LogP contribution >= 0.6 is 0 Å². The number of ether oxygens (including phenoxy) is 1. The highest BCUT2D eigenvalue weighted by molar-refractivity contribution is 6.01. The average molecular weight is 342 g/mol. The molecular formula is C20H26N2O3. The molecule has 2 rings (SSSR count). The van der Waals surface area contributed by atoms with Gasteiger partial charge in [-0.25, -0.2) is 4.79 Å². The summed E-state index contributed by atoms with van der Waals surface area (Å²) >= 11 is 0. The SMILES string of the molecule is CCOC(=O)c1[nH]c(C)c(C(=O)NC(C)c2ccc(CC)cc2)c1C. The molecule has 1 amide bonds. The number of rotatable bonds is 6. The van der Waals surface area contributed by atoms with Crippen LogP contribution in [-0.2, 0) is 11.2 Å². The van der Waals surface area contributed by atoms with E-state index in [0.29, 0.717) is 29.1 Å². The third-order valence-electron chi connectivity index (χ3n) is 4.38. The smallest absolute Gasteiger partial charge is 0.355 e. The number of hydrogen-bond acceptors (Lipinski definition) is 3. The summed E-state index contributed by atoms with van der Waals surface area (Å²) in [7, 11) is 0. The molecule has 1 atom stereocenters. The van der Waals surface area contributed by atoms with Crippen molar-refractivity contribution < 1.29 is 14.3 Å². The molecule has 0 saturated carbocycles. The summed E-state index contributed by atoms with van der Waals surface area (Å²) in [4.78, 5) is 27.6. The number of aryl methyl sites for hydroxylation is 2. The quantitative estimate of drug-likeness (QED) is 0.783. The second kappa shape index (κ2) is 8.01. The molecule has 0 radical (unpaired) electrons. The summed E-state index contributed by atoms with van der Waals surface area (Å²) in [5.74, 6) is -0.640. The summed E-state index contributed by atoms with van der Waals surface area (Å²) in [6.45, 7) is 9.64. The van der Waals surface area contributed by atoms with Crippen molar-refractivity contribution in [3.05, 3.63) is 57.9 Å². The number of carbonyl (C=O) groups excluding carboxylic acids is 2. The van der Waals surface area contributed by atoms with Crippen molar-refractivity contribution in [3.63, 3.8) is 0 Å². The van der Waals surface area contributed by atoms with Gasteiger partial charge in [-0.05, 0) is 50.8 Å². The molecule has 0 bridgehead atoms. The number of aromatic amines is 1. The summed E-state index contributed by atoms with van der Waals surface area (Å²) in [6.07, 6.45) is 0.986. The van der Waals surface area contributed by atoms with Gasteiger partial charge in [-0.15, -0.1) is 0 Å². The molecule has 5 heteroatoms. The molecule has 1 aromatic carbocycles. The zero-order chi connectivity index (χ0) is 18.6. The lowest BCUT2D eigenvalue weighted by atomic mass is 10.0. The number of H-pyrrole nitrogens is 1. The van der Waals surface area contributed by atoms with Crippen LogP contribution in [0, 0.1) is 13.8 Å². The fraction of sp³-hybridized carbons (Fsp3) is 0.400. The van der Waals surface area contributed by atoms with Crippen LogP contribution in [0.1, 0.15) is 70.0 Å². The van der Waals surface area contributed by atoms with Gasteiger partial charge in [-0.2, -0.15) is 0 Å². The average Bonchev–Trinajstić information content (AvgIpc) is 2.89. The Hall–Kier alpha value is -2.56. The minimum Gasteiger partial charge on any atom is -0.461 e. The number of amides is 1. The molecule has 0 aliphatic carbocycles. The maximum absolute atomic E-state index is 12.7. The van der Waals surface area contributed by atoms with E-state index in [2.05, 4.69) is 29.4 Å². The molecule has 0 aliphatic rings. The Bertz CT molecular complexity index is 760. The number of carbonyl (C=O) groups is 2. The monoisotopic (exact) mass is 342 g/mol. The number of esters is 1. The maximum Gasteiger partial charge on any atom is 0.355 e. The second-order valence-corrected chi connectivity index (χ2v) is 6.14. The van der Waals surface area contributed by atoms with E-state index in [1.54, 1.807) is 20.8 Å². The third kappa shape index (κ3) is 4.10. The molecule has 2 N–H and O–H groups in total. The third-order valence-corrected chi connectivity index (χ3v) is 4.38. The second-order valence-electron chi connectivity index (χ2n) is 6.14. The largest absolute Gasteiger partial charge is 0.461 e. The van der Waals surface area contributed by atoms with Crippen LogP contribution in [0.4, 0.5) is 0 Å². The molecule has 0 aliphatic heterocycles. The van der Waals surface area contributed by atoms with E-state index in [4.69, 9.17) is 4.74 Å². The lowest BCUT2D eigenvalue weighted by Gasteiger charge is -2.15. The van der Waals surface area contributed by atoms with Crippen molar-refractivity contribution in [2.24, 2.45) is 0 Å². The number of aromatic nitrogens is 1. The van der Waals surface area contributed by atoms with Crippen LogP contribution in [0.5, 0.6) is 0 Å². The summed E-state index contributed by atoms with van der Waals surface area (Å²) in [5, 5.41) is 3.00. The van der Waals surface area contributed by atoms with E-state index in [0.717, 1.165) is 12.0 Å². The summed E-state index contributed by atoms with van der Waals surface area (Å²) < 4.78 is 5.03. The molecule has 25 heavy (non-hydrogen) atoms. The van der Waals surface area contributed by atoms with Crippen molar-refractivity contribution in [2.45, 2.75) is 47.1 Å². The zero-order valence-electron chi connectivity index (χ0n) is 15.5. The summed E-state index contributed by atoms with van der Waals surface area (Å²) in [5.41, 5.74) is 4.42.